The second-order valence-electron chi connectivity index (χ2n) is 8.09. The fourth-order valence-corrected chi connectivity index (χ4v) is 6.00. The Morgan fingerprint density at radius 3 is 2.55 bits per heavy atom. The normalized spacial score (nSPS) is 20.5. The molecule has 0 radical (unpaired) electrons. The first-order chi connectivity index (χ1) is 14.8. The van der Waals surface area contributed by atoms with Crippen molar-refractivity contribution in [3.63, 3.8) is 0 Å². The number of pyridine rings is 1. The average molecular weight is 443 g/mol. The highest BCUT2D eigenvalue weighted by Gasteiger charge is 2.42. The maximum absolute atomic E-state index is 13.5. The van der Waals surface area contributed by atoms with Gasteiger partial charge < -0.3 is 9.80 Å². The van der Waals surface area contributed by atoms with E-state index in [9.17, 15) is 17.6 Å². The Kier molecular flexibility index (Phi) is 5.67. The summed E-state index contributed by atoms with van der Waals surface area (Å²) in [5.74, 6) is -0.368. The van der Waals surface area contributed by atoms with Crippen LogP contribution in [-0.4, -0.2) is 55.1 Å². The molecule has 2 saturated heterocycles. The van der Waals surface area contributed by atoms with Crippen LogP contribution in [0.5, 0.6) is 0 Å². The molecule has 0 aliphatic carbocycles. The second kappa shape index (κ2) is 8.27. The third-order valence-electron chi connectivity index (χ3n) is 6.05. The van der Waals surface area contributed by atoms with E-state index in [0.29, 0.717) is 24.2 Å². The molecule has 2 aromatic rings. The first-order valence-electron chi connectivity index (χ1n) is 10.2. The molecule has 0 spiro atoms. The number of carbonyl (C=O) groups is 1. The molecule has 2 bridgehead atoms. The fraction of sp³-hybridized carbons (Fsp3) is 0.409. The highest BCUT2D eigenvalue weighted by atomic mass is 32.2. The summed E-state index contributed by atoms with van der Waals surface area (Å²) in [5, 5.41) is 8.95. The zero-order valence-corrected chi connectivity index (χ0v) is 18.0. The van der Waals surface area contributed by atoms with Gasteiger partial charge in [0.1, 0.15) is 17.7 Å². The number of rotatable bonds is 5. The van der Waals surface area contributed by atoms with Crippen LogP contribution >= 0.6 is 0 Å². The summed E-state index contributed by atoms with van der Waals surface area (Å²) in [4.78, 5) is 21.1. The van der Waals surface area contributed by atoms with Crippen molar-refractivity contribution in [3.8, 4) is 6.07 Å². The highest BCUT2D eigenvalue weighted by molar-refractivity contribution is 7.91. The minimum Gasteiger partial charge on any atom is -0.347 e. The molecule has 31 heavy (non-hydrogen) atoms. The zero-order valence-electron chi connectivity index (χ0n) is 17.2. The molecule has 162 valence electrons. The molecule has 1 amide bonds. The van der Waals surface area contributed by atoms with Crippen molar-refractivity contribution < 1.29 is 17.6 Å². The lowest BCUT2D eigenvalue weighted by Gasteiger charge is -2.41. The van der Waals surface area contributed by atoms with Crippen molar-refractivity contribution in [1.29, 1.82) is 5.26 Å². The van der Waals surface area contributed by atoms with Crippen LogP contribution in [0.15, 0.2) is 41.4 Å². The van der Waals surface area contributed by atoms with Gasteiger partial charge in [-0.2, -0.15) is 5.26 Å². The standard InChI is InChI=1S/C22H23FN4O3S/c1-15-2-4-17(23)10-20(15)31(29,30)9-8-22(28)26-13-18-5-6-19(14-26)27(18)21-7-3-16(11-24)12-25-21/h2-4,7,10,12,18-19H,5-6,8-9,13-14H2,1H3. The molecule has 0 N–H and O–H groups in total. The Balaban J connectivity index is 1.41. The molecule has 2 aliphatic heterocycles. The van der Waals surface area contributed by atoms with Gasteiger partial charge in [0.15, 0.2) is 9.84 Å². The number of halogens is 1. The van der Waals surface area contributed by atoms with E-state index in [0.717, 1.165) is 24.7 Å². The number of nitriles is 1. The van der Waals surface area contributed by atoms with Crippen LogP contribution in [0.4, 0.5) is 10.2 Å². The number of nitrogens with zero attached hydrogens (tertiary/aromatic N) is 4. The maximum Gasteiger partial charge on any atom is 0.223 e. The first-order valence-corrected chi connectivity index (χ1v) is 11.8. The summed E-state index contributed by atoms with van der Waals surface area (Å²) < 4.78 is 38.8. The number of fused-ring (bicyclic) bond motifs is 2. The molecule has 2 atom stereocenters. The van der Waals surface area contributed by atoms with Gasteiger partial charge >= 0.3 is 0 Å². The highest BCUT2D eigenvalue weighted by Crippen LogP contribution is 2.34. The Morgan fingerprint density at radius 2 is 1.94 bits per heavy atom. The van der Waals surface area contributed by atoms with E-state index in [1.54, 1.807) is 24.1 Å². The molecule has 3 heterocycles. The molecule has 2 fully saturated rings. The lowest BCUT2D eigenvalue weighted by Crippen LogP contribution is -2.55. The van der Waals surface area contributed by atoms with Crippen molar-refractivity contribution in [2.24, 2.45) is 0 Å². The number of likely N-dealkylation sites (tertiary alicyclic amines) is 1. The van der Waals surface area contributed by atoms with Crippen molar-refractivity contribution in [3.05, 3.63) is 53.5 Å². The number of hydrogen-bond acceptors (Lipinski definition) is 6. The predicted octanol–water partition coefficient (Wildman–Crippen LogP) is 2.44. The van der Waals surface area contributed by atoms with Gasteiger partial charge in [0.05, 0.1) is 16.2 Å². The number of anilines is 1. The maximum atomic E-state index is 13.5. The lowest BCUT2D eigenvalue weighted by molar-refractivity contribution is -0.131. The second-order valence-corrected chi connectivity index (χ2v) is 10.2. The van der Waals surface area contributed by atoms with Gasteiger partial charge in [-0.05, 0) is 49.6 Å². The van der Waals surface area contributed by atoms with Crippen LogP contribution in [0.2, 0.25) is 0 Å². The minimum absolute atomic E-state index is 0.0583. The number of carbonyl (C=O) groups excluding carboxylic acids is 1. The Hall–Kier alpha value is -2.99. The van der Waals surface area contributed by atoms with Crippen molar-refractivity contribution in [1.82, 2.24) is 9.88 Å². The zero-order chi connectivity index (χ0) is 22.2. The number of amides is 1. The van der Waals surface area contributed by atoms with Crippen molar-refractivity contribution >= 4 is 21.6 Å². The van der Waals surface area contributed by atoms with E-state index >= 15 is 0 Å². The molecule has 0 saturated carbocycles. The number of aryl methyl sites for hydroxylation is 1. The summed E-state index contributed by atoms with van der Waals surface area (Å²) in [5.41, 5.74) is 0.968. The summed E-state index contributed by atoms with van der Waals surface area (Å²) in [7, 11) is -3.75. The molecule has 1 aromatic carbocycles. The van der Waals surface area contributed by atoms with Crippen molar-refractivity contribution in [2.45, 2.75) is 43.2 Å². The number of aromatic nitrogens is 1. The van der Waals surface area contributed by atoms with Gasteiger partial charge in [0.25, 0.3) is 0 Å². The number of piperazine rings is 1. The SMILES string of the molecule is Cc1ccc(F)cc1S(=O)(=O)CCC(=O)N1CC2CCC(C1)N2c1ccc(C#N)cn1. The summed E-state index contributed by atoms with van der Waals surface area (Å²) >= 11 is 0. The molecule has 4 rings (SSSR count). The first kappa shape index (κ1) is 21.2. The van der Waals surface area contributed by atoms with Gasteiger partial charge in [-0.3, -0.25) is 4.79 Å². The Morgan fingerprint density at radius 1 is 1.23 bits per heavy atom. The van der Waals surface area contributed by atoms with E-state index < -0.39 is 15.7 Å². The van der Waals surface area contributed by atoms with Crippen LogP contribution in [0.3, 0.4) is 0 Å². The van der Waals surface area contributed by atoms with Gasteiger partial charge in [0.2, 0.25) is 5.91 Å². The Bertz CT molecular complexity index is 1130. The molecule has 2 unspecified atom stereocenters. The monoisotopic (exact) mass is 442 g/mol. The summed E-state index contributed by atoms with van der Waals surface area (Å²) in [6, 6.07) is 9.51. The van der Waals surface area contributed by atoms with Crippen LogP contribution < -0.4 is 4.90 Å². The largest absolute Gasteiger partial charge is 0.347 e. The van der Waals surface area contributed by atoms with Crippen LogP contribution in [0.1, 0.15) is 30.4 Å². The number of benzene rings is 1. The van der Waals surface area contributed by atoms with E-state index in [4.69, 9.17) is 5.26 Å². The molecule has 1 aromatic heterocycles. The fourth-order valence-electron chi connectivity index (χ4n) is 4.48. The third-order valence-corrected chi connectivity index (χ3v) is 7.90. The predicted molar refractivity (Wildman–Crippen MR) is 113 cm³/mol. The van der Waals surface area contributed by atoms with Crippen LogP contribution in [-0.2, 0) is 14.6 Å². The molecule has 7 nitrogen and oxygen atoms in total. The molecular formula is C22H23FN4O3S. The average Bonchev–Trinajstić information content (AvgIpc) is 3.02. The molecular weight excluding hydrogens is 419 g/mol. The van der Waals surface area contributed by atoms with E-state index in [1.165, 1.54) is 12.1 Å². The summed E-state index contributed by atoms with van der Waals surface area (Å²) in [6.45, 7) is 2.63. The van der Waals surface area contributed by atoms with Crippen LogP contribution in [0.25, 0.3) is 0 Å². The van der Waals surface area contributed by atoms with Gasteiger partial charge in [-0.1, -0.05) is 6.07 Å². The molecule has 2 aliphatic rings. The number of sulfone groups is 1. The minimum atomic E-state index is -3.75. The lowest BCUT2D eigenvalue weighted by atomic mass is 10.1. The molecule has 9 heteroatoms. The van der Waals surface area contributed by atoms with E-state index in [2.05, 4.69) is 16.0 Å². The smallest absolute Gasteiger partial charge is 0.223 e. The van der Waals surface area contributed by atoms with Crippen molar-refractivity contribution in [2.75, 3.05) is 23.7 Å². The van der Waals surface area contributed by atoms with Gasteiger partial charge in [0, 0.05) is 37.8 Å². The van der Waals surface area contributed by atoms with E-state index in [1.807, 2.05) is 6.07 Å². The van der Waals surface area contributed by atoms with Gasteiger partial charge in [-0.15, -0.1) is 0 Å². The topological polar surface area (TPSA) is 94.4 Å². The quantitative estimate of drug-likeness (QED) is 0.706. The summed E-state index contributed by atoms with van der Waals surface area (Å²) in [6.07, 6.45) is 3.27. The van der Waals surface area contributed by atoms with Gasteiger partial charge in [-0.25, -0.2) is 17.8 Å². The third kappa shape index (κ3) is 4.26. The Labute approximate surface area is 181 Å². The van der Waals surface area contributed by atoms with E-state index in [-0.39, 0.29) is 35.1 Å². The van der Waals surface area contributed by atoms with Crippen LogP contribution in [0, 0.1) is 24.1 Å². The number of hydrogen-bond donors (Lipinski definition) is 0.